The van der Waals surface area contributed by atoms with E-state index in [9.17, 15) is 18.0 Å². The summed E-state index contributed by atoms with van der Waals surface area (Å²) >= 11 is 15.4. The van der Waals surface area contributed by atoms with Gasteiger partial charge in [-0.05, 0) is 78.9 Å². The van der Waals surface area contributed by atoms with Gasteiger partial charge in [-0.3, -0.25) is 14.3 Å². The van der Waals surface area contributed by atoms with Crippen LogP contribution in [0.4, 0.5) is 11.4 Å². The Balaban J connectivity index is 1.53. The van der Waals surface area contributed by atoms with Gasteiger partial charge in [-0.2, -0.15) is 0 Å². The molecule has 0 bridgehead atoms. The molecule has 182 valence electrons. The molecule has 4 aromatic rings. The summed E-state index contributed by atoms with van der Waals surface area (Å²) in [4.78, 5) is 26.1. The average Bonchev–Trinajstić information content (AvgIpc) is 2.85. The number of amides is 1. The van der Waals surface area contributed by atoms with Crippen LogP contribution >= 0.6 is 39.1 Å². The number of hydrogen-bond acceptors (Lipinski definition) is 4. The predicted octanol–water partition coefficient (Wildman–Crippen LogP) is 7.04. The number of carbonyl (C=O) groups is 2. The van der Waals surface area contributed by atoms with Crippen LogP contribution in [0.25, 0.3) is 0 Å². The average molecular weight is 604 g/mol. The molecule has 1 amide bonds. The molecule has 0 heterocycles. The highest BCUT2D eigenvalue weighted by molar-refractivity contribution is 9.10. The number of halogens is 3. The summed E-state index contributed by atoms with van der Waals surface area (Å²) in [6.07, 6.45) is 0. The van der Waals surface area contributed by atoms with Gasteiger partial charge in [0.1, 0.15) is 0 Å². The van der Waals surface area contributed by atoms with E-state index in [0.29, 0.717) is 25.8 Å². The van der Waals surface area contributed by atoms with Crippen molar-refractivity contribution in [2.45, 2.75) is 4.90 Å². The first-order chi connectivity index (χ1) is 17.1. The molecule has 0 unspecified atom stereocenters. The molecule has 0 saturated carbocycles. The van der Waals surface area contributed by atoms with E-state index in [1.807, 2.05) is 0 Å². The number of carbonyl (C=O) groups excluding carboxylic acids is 2. The molecule has 0 aromatic heterocycles. The molecule has 0 aliphatic carbocycles. The topological polar surface area (TPSA) is 92.3 Å². The lowest BCUT2D eigenvalue weighted by Gasteiger charge is -2.13. The molecule has 0 atom stereocenters. The van der Waals surface area contributed by atoms with Crippen molar-refractivity contribution in [2.75, 3.05) is 10.0 Å². The Kier molecular flexibility index (Phi) is 7.80. The minimum absolute atomic E-state index is 0.0553. The van der Waals surface area contributed by atoms with E-state index in [0.717, 1.165) is 0 Å². The Hall–Kier alpha value is -3.17. The Labute approximate surface area is 226 Å². The normalized spacial score (nSPS) is 11.1. The molecular weight excluding hydrogens is 587 g/mol. The zero-order valence-corrected chi connectivity index (χ0v) is 22.2. The number of ketones is 1. The molecular formula is C26H17BrCl2N2O4S. The van der Waals surface area contributed by atoms with Crippen LogP contribution in [0.5, 0.6) is 0 Å². The van der Waals surface area contributed by atoms with Crippen LogP contribution in [0.2, 0.25) is 10.0 Å². The molecule has 10 heteroatoms. The predicted molar refractivity (Wildman–Crippen MR) is 146 cm³/mol. The highest BCUT2D eigenvalue weighted by atomic mass is 79.9. The van der Waals surface area contributed by atoms with Crippen LogP contribution in [0, 0.1) is 0 Å². The van der Waals surface area contributed by atoms with E-state index in [1.54, 1.807) is 42.5 Å². The number of nitrogens with one attached hydrogen (secondary N) is 2. The first-order valence-electron chi connectivity index (χ1n) is 10.4. The summed E-state index contributed by atoms with van der Waals surface area (Å²) in [7, 11) is -3.82. The van der Waals surface area contributed by atoms with Crippen LogP contribution in [0.15, 0.2) is 100 Å². The van der Waals surface area contributed by atoms with E-state index in [2.05, 4.69) is 26.0 Å². The van der Waals surface area contributed by atoms with Crippen molar-refractivity contribution in [1.82, 2.24) is 0 Å². The fourth-order valence-electron chi connectivity index (χ4n) is 3.32. The molecule has 2 N–H and O–H groups in total. The van der Waals surface area contributed by atoms with Gasteiger partial charge in [0, 0.05) is 31.9 Å². The highest BCUT2D eigenvalue weighted by Crippen LogP contribution is 2.27. The minimum Gasteiger partial charge on any atom is -0.321 e. The van der Waals surface area contributed by atoms with Crippen LogP contribution in [-0.4, -0.2) is 20.1 Å². The number of anilines is 2. The molecule has 0 saturated heterocycles. The van der Waals surface area contributed by atoms with Crippen LogP contribution in [0.3, 0.4) is 0 Å². The largest absolute Gasteiger partial charge is 0.321 e. The third-order valence-electron chi connectivity index (χ3n) is 5.12. The second kappa shape index (κ2) is 10.8. The molecule has 0 aliphatic heterocycles. The summed E-state index contributed by atoms with van der Waals surface area (Å²) < 4.78 is 28.2. The summed E-state index contributed by atoms with van der Waals surface area (Å²) in [6, 6.07) is 23.2. The van der Waals surface area contributed by atoms with Crippen molar-refractivity contribution in [2.24, 2.45) is 0 Å². The standard InChI is InChI=1S/C26H17BrCl2N2O4S/c27-17-7-14-24(22(15-17)25(32)21-3-1-2-4-23(21)29)30-26(33)16-5-10-19(11-6-16)31-36(34,35)20-12-8-18(28)9-13-20/h1-15,31H,(H,30,33). The minimum atomic E-state index is -3.82. The van der Waals surface area contributed by atoms with Crippen LogP contribution < -0.4 is 10.0 Å². The molecule has 4 aromatic carbocycles. The van der Waals surface area contributed by atoms with Gasteiger partial charge in [-0.15, -0.1) is 0 Å². The second-order valence-electron chi connectivity index (χ2n) is 7.59. The van der Waals surface area contributed by atoms with Crippen molar-refractivity contribution in [3.63, 3.8) is 0 Å². The quantitative estimate of drug-likeness (QED) is 0.222. The summed E-state index contributed by atoms with van der Waals surface area (Å²) in [6.45, 7) is 0. The zero-order valence-electron chi connectivity index (χ0n) is 18.3. The van der Waals surface area contributed by atoms with Gasteiger partial charge in [-0.1, -0.05) is 51.3 Å². The van der Waals surface area contributed by atoms with Crippen molar-refractivity contribution >= 4 is 72.2 Å². The maximum atomic E-state index is 13.1. The lowest BCUT2D eigenvalue weighted by molar-refractivity contribution is 0.102. The van der Waals surface area contributed by atoms with E-state index in [4.69, 9.17) is 23.2 Å². The first kappa shape index (κ1) is 25.9. The van der Waals surface area contributed by atoms with Gasteiger partial charge >= 0.3 is 0 Å². The van der Waals surface area contributed by atoms with Crippen molar-refractivity contribution < 1.29 is 18.0 Å². The number of sulfonamides is 1. The number of rotatable bonds is 7. The van der Waals surface area contributed by atoms with Gasteiger partial charge in [0.15, 0.2) is 5.78 Å². The Morgan fingerprint density at radius 1 is 0.778 bits per heavy atom. The first-order valence-corrected chi connectivity index (χ1v) is 13.5. The maximum absolute atomic E-state index is 13.1. The molecule has 0 radical (unpaired) electrons. The number of hydrogen-bond donors (Lipinski definition) is 2. The third-order valence-corrected chi connectivity index (χ3v) is 7.59. The monoisotopic (exact) mass is 602 g/mol. The van der Waals surface area contributed by atoms with Gasteiger partial charge < -0.3 is 5.32 Å². The summed E-state index contributed by atoms with van der Waals surface area (Å²) in [5, 5.41) is 3.47. The Morgan fingerprint density at radius 2 is 1.44 bits per heavy atom. The summed E-state index contributed by atoms with van der Waals surface area (Å²) in [5.41, 5.74) is 1.42. The third kappa shape index (κ3) is 5.96. The molecule has 6 nitrogen and oxygen atoms in total. The van der Waals surface area contributed by atoms with E-state index in [1.165, 1.54) is 48.5 Å². The maximum Gasteiger partial charge on any atom is 0.261 e. The molecule has 36 heavy (non-hydrogen) atoms. The van der Waals surface area contributed by atoms with Crippen LogP contribution in [-0.2, 0) is 10.0 Å². The molecule has 0 aliphatic rings. The van der Waals surface area contributed by atoms with Gasteiger partial charge in [0.05, 0.1) is 15.6 Å². The van der Waals surface area contributed by atoms with E-state index in [-0.39, 0.29) is 27.5 Å². The Morgan fingerprint density at radius 3 is 2.11 bits per heavy atom. The second-order valence-corrected chi connectivity index (χ2v) is 11.0. The van der Waals surface area contributed by atoms with E-state index < -0.39 is 15.9 Å². The van der Waals surface area contributed by atoms with Crippen LogP contribution in [0.1, 0.15) is 26.3 Å². The zero-order chi connectivity index (χ0) is 25.9. The van der Waals surface area contributed by atoms with Gasteiger partial charge in [0.25, 0.3) is 15.9 Å². The lowest BCUT2D eigenvalue weighted by atomic mass is 10.0. The summed E-state index contributed by atoms with van der Waals surface area (Å²) in [5.74, 6) is -0.818. The highest BCUT2D eigenvalue weighted by Gasteiger charge is 2.19. The fourth-order valence-corrected chi connectivity index (χ4v) is 5.08. The van der Waals surface area contributed by atoms with Gasteiger partial charge in [0.2, 0.25) is 0 Å². The van der Waals surface area contributed by atoms with Crippen molar-refractivity contribution in [1.29, 1.82) is 0 Å². The molecule has 0 spiro atoms. The molecule has 4 rings (SSSR count). The lowest BCUT2D eigenvalue weighted by Crippen LogP contribution is -2.16. The smallest absolute Gasteiger partial charge is 0.261 e. The SMILES string of the molecule is O=C(Nc1ccc(Br)cc1C(=O)c1ccccc1Cl)c1ccc(NS(=O)(=O)c2ccc(Cl)cc2)cc1. The van der Waals surface area contributed by atoms with Gasteiger partial charge in [-0.25, -0.2) is 8.42 Å². The Bertz CT molecular complexity index is 1560. The van der Waals surface area contributed by atoms with Crippen molar-refractivity contribution in [3.8, 4) is 0 Å². The molecule has 0 fully saturated rings. The van der Waals surface area contributed by atoms with Crippen molar-refractivity contribution in [3.05, 3.63) is 122 Å². The number of benzene rings is 4. The van der Waals surface area contributed by atoms with E-state index >= 15 is 0 Å². The fraction of sp³-hybridized carbons (Fsp3) is 0.